The predicted molar refractivity (Wildman–Crippen MR) is 60.9 cm³/mol. The van der Waals surface area contributed by atoms with Gasteiger partial charge in [-0.2, -0.15) is 0 Å². The second kappa shape index (κ2) is 3.70. The fourth-order valence-corrected chi connectivity index (χ4v) is 1.82. The zero-order valence-electron chi connectivity index (χ0n) is 9.23. The van der Waals surface area contributed by atoms with Gasteiger partial charge >= 0.3 is 0 Å². The number of nitrogens with two attached hydrogens (primary N) is 1. The predicted octanol–water partition coefficient (Wildman–Crippen LogP) is 1.28. The quantitative estimate of drug-likeness (QED) is 0.753. The number of morpholine rings is 1. The van der Waals surface area contributed by atoms with E-state index in [2.05, 4.69) is 23.7 Å². The summed E-state index contributed by atoms with van der Waals surface area (Å²) in [7, 11) is 0. The van der Waals surface area contributed by atoms with Crippen LogP contribution in [0.15, 0.2) is 18.3 Å². The second-order valence-electron chi connectivity index (χ2n) is 4.47. The Bertz CT molecular complexity index is 334. The lowest BCUT2D eigenvalue weighted by Gasteiger charge is -2.39. The number of rotatable bonds is 1. The number of anilines is 2. The molecule has 0 unspecified atom stereocenters. The standard InChI is InChI=1S/C11H17N3O/c1-11(2)8-14(5-6-15-11)9-3-4-10(12)13-7-9/h3-4,7H,5-6,8H2,1-2H3,(H2,12,13). The van der Waals surface area contributed by atoms with Gasteiger partial charge in [-0.1, -0.05) is 0 Å². The Morgan fingerprint density at radius 3 is 2.87 bits per heavy atom. The molecule has 0 aliphatic carbocycles. The van der Waals surface area contributed by atoms with Gasteiger partial charge in [-0.3, -0.25) is 0 Å². The number of pyridine rings is 1. The van der Waals surface area contributed by atoms with E-state index in [0.29, 0.717) is 5.82 Å². The van der Waals surface area contributed by atoms with E-state index in [-0.39, 0.29) is 5.60 Å². The number of hydrogen-bond acceptors (Lipinski definition) is 4. The molecule has 15 heavy (non-hydrogen) atoms. The fraction of sp³-hybridized carbons (Fsp3) is 0.545. The van der Waals surface area contributed by atoms with Crippen LogP contribution in [-0.2, 0) is 4.74 Å². The molecule has 0 aromatic carbocycles. The molecule has 1 fully saturated rings. The molecule has 1 aliphatic rings. The molecule has 4 heteroatoms. The summed E-state index contributed by atoms with van der Waals surface area (Å²) in [6, 6.07) is 3.83. The molecule has 1 saturated heterocycles. The maximum Gasteiger partial charge on any atom is 0.123 e. The first-order valence-electron chi connectivity index (χ1n) is 5.17. The number of nitrogens with zero attached hydrogens (tertiary/aromatic N) is 2. The molecule has 2 heterocycles. The van der Waals surface area contributed by atoms with Crippen LogP contribution in [0.2, 0.25) is 0 Å². The molecule has 0 radical (unpaired) electrons. The van der Waals surface area contributed by atoms with Gasteiger partial charge in [0.15, 0.2) is 0 Å². The fourth-order valence-electron chi connectivity index (χ4n) is 1.82. The molecule has 82 valence electrons. The van der Waals surface area contributed by atoms with Gasteiger partial charge in [-0.05, 0) is 26.0 Å². The maximum absolute atomic E-state index is 5.65. The molecule has 1 aromatic rings. The summed E-state index contributed by atoms with van der Waals surface area (Å²) in [6.45, 7) is 6.76. The van der Waals surface area contributed by atoms with Crippen molar-refractivity contribution in [1.82, 2.24) is 4.98 Å². The van der Waals surface area contributed by atoms with Crippen LogP contribution in [0, 0.1) is 0 Å². The third kappa shape index (κ3) is 2.39. The Kier molecular flexibility index (Phi) is 2.52. The van der Waals surface area contributed by atoms with Gasteiger partial charge in [-0.15, -0.1) is 0 Å². The van der Waals surface area contributed by atoms with Crippen molar-refractivity contribution >= 4 is 11.5 Å². The Balaban J connectivity index is 2.13. The van der Waals surface area contributed by atoms with Gasteiger partial charge in [0.25, 0.3) is 0 Å². The Morgan fingerprint density at radius 2 is 2.27 bits per heavy atom. The molecule has 2 rings (SSSR count). The normalized spacial score (nSPS) is 20.3. The first-order valence-corrected chi connectivity index (χ1v) is 5.17. The molecule has 0 spiro atoms. The molecule has 1 aromatic heterocycles. The highest BCUT2D eigenvalue weighted by molar-refractivity contribution is 5.48. The van der Waals surface area contributed by atoms with Crippen LogP contribution in [0.1, 0.15) is 13.8 Å². The first kappa shape index (κ1) is 10.2. The minimum atomic E-state index is -0.0837. The molecule has 0 amide bonds. The van der Waals surface area contributed by atoms with Gasteiger partial charge < -0.3 is 15.4 Å². The minimum Gasteiger partial charge on any atom is -0.384 e. The summed E-state index contributed by atoms with van der Waals surface area (Å²) in [5.74, 6) is 0.561. The SMILES string of the molecule is CC1(C)CN(c2ccc(N)nc2)CCO1. The number of aromatic nitrogens is 1. The molecule has 0 bridgehead atoms. The van der Waals surface area contributed by atoms with Crippen molar-refractivity contribution in [3.63, 3.8) is 0 Å². The van der Waals surface area contributed by atoms with Gasteiger partial charge in [0.1, 0.15) is 5.82 Å². The third-order valence-corrected chi connectivity index (χ3v) is 2.56. The number of nitrogen functional groups attached to an aromatic ring is 1. The van der Waals surface area contributed by atoms with Crippen LogP contribution >= 0.6 is 0 Å². The van der Waals surface area contributed by atoms with Crippen LogP contribution in [0.5, 0.6) is 0 Å². The topological polar surface area (TPSA) is 51.4 Å². The van der Waals surface area contributed by atoms with Crippen molar-refractivity contribution in [2.75, 3.05) is 30.3 Å². The van der Waals surface area contributed by atoms with Gasteiger partial charge in [-0.25, -0.2) is 4.98 Å². The van der Waals surface area contributed by atoms with E-state index in [1.54, 1.807) is 0 Å². The van der Waals surface area contributed by atoms with Crippen molar-refractivity contribution in [2.45, 2.75) is 19.4 Å². The van der Waals surface area contributed by atoms with Crippen LogP contribution < -0.4 is 10.6 Å². The lowest BCUT2D eigenvalue weighted by Crippen LogP contribution is -2.48. The summed E-state index contributed by atoms with van der Waals surface area (Å²) in [5, 5.41) is 0. The van der Waals surface area contributed by atoms with Crippen LogP contribution in [0.4, 0.5) is 11.5 Å². The summed E-state index contributed by atoms with van der Waals surface area (Å²) in [5.41, 5.74) is 6.58. The molecule has 1 aliphatic heterocycles. The molecule has 4 nitrogen and oxygen atoms in total. The van der Waals surface area contributed by atoms with Crippen LogP contribution in [0.25, 0.3) is 0 Å². The smallest absolute Gasteiger partial charge is 0.123 e. The van der Waals surface area contributed by atoms with Crippen molar-refractivity contribution in [3.8, 4) is 0 Å². The van der Waals surface area contributed by atoms with E-state index in [9.17, 15) is 0 Å². The average molecular weight is 207 g/mol. The van der Waals surface area contributed by atoms with E-state index in [0.717, 1.165) is 25.4 Å². The van der Waals surface area contributed by atoms with Gasteiger partial charge in [0.2, 0.25) is 0 Å². The molecule has 0 saturated carbocycles. The molecule has 0 atom stereocenters. The Morgan fingerprint density at radius 1 is 1.47 bits per heavy atom. The van der Waals surface area contributed by atoms with Gasteiger partial charge in [0.05, 0.1) is 24.1 Å². The molecule has 2 N–H and O–H groups in total. The van der Waals surface area contributed by atoms with Crippen molar-refractivity contribution in [2.24, 2.45) is 0 Å². The highest BCUT2D eigenvalue weighted by Crippen LogP contribution is 2.22. The monoisotopic (exact) mass is 207 g/mol. The third-order valence-electron chi connectivity index (χ3n) is 2.56. The van der Waals surface area contributed by atoms with E-state index in [4.69, 9.17) is 10.5 Å². The first-order chi connectivity index (χ1) is 7.07. The zero-order valence-corrected chi connectivity index (χ0v) is 9.23. The largest absolute Gasteiger partial charge is 0.384 e. The summed E-state index contributed by atoms with van der Waals surface area (Å²) in [6.07, 6.45) is 1.82. The van der Waals surface area contributed by atoms with E-state index < -0.39 is 0 Å². The van der Waals surface area contributed by atoms with Crippen molar-refractivity contribution < 1.29 is 4.74 Å². The Labute approximate surface area is 90.0 Å². The highest BCUT2D eigenvalue weighted by Gasteiger charge is 2.27. The number of hydrogen-bond donors (Lipinski definition) is 1. The molecular formula is C11H17N3O. The van der Waals surface area contributed by atoms with E-state index in [1.165, 1.54) is 0 Å². The average Bonchev–Trinajstić information content (AvgIpc) is 2.17. The van der Waals surface area contributed by atoms with E-state index in [1.807, 2.05) is 18.3 Å². The maximum atomic E-state index is 5.65. The van der Waals surface area contributed by atoms with Crippen LogP contribution in [-0.4, -0.2) is 30.3 Å². The Hall–Kier alpha value is -1.29. The van der Waals surface area contributed by atoms with Crippen LogP contribution in [0.3, 0.4) is 0 Å². The van der Waals surface area contributed by atoms with E-state index >= 15 is 0 Å². The van der Waals surface area contributed by atoms with Crippen molar-refractivity contribution in [1.29, 1.82) is 0 Å². The van der Waals surface area contributed by atoms with Crippen molar-refractivity contribution in [3.05, 3.63) is 18.3 Å². The lowest BCUT2D eigenvalue weighted by molar-refractivity contribution is -0.0277. The summed E-state index contributed by atoms with van der Waals surface area (Å²) >= 11 is 0. The zero-order chi connectivity index (χ0) is 10.9. The lowest BCUT2D eigenvalue weighted by atomic mass is 10.1. The number of ether oxygens (including phenoxy) is 1. The summed E-state index contributed by atoms with van der Waals surface area (Å²) in [4.78, 5) is 6.37. The summed E-state index contributed by atoms with van der Waals surface area (Å²) < 4.78 is 5.65. The second-order valence-corrected chi connectivity index (χ2v) is 4.47. The highest BCUT2D eigenvalue weighted by atomic mass is 16.5. The molecular weight excluding hydrogens is 190 g/mol. The minimum absolute atomic E-state index is 0.0837. The van der Waals surface area contributed by atoms with Gasteiger partial charge in [0, 0.05) is 13.1 Å².